The Bertz CT molecular complexity index is 729. The topological polar surface area (TPSA) is 84.3 Å². The molecule has 1 fully saturated rings. The number of rotatable bonds is 1. The van der Waals surface area contributed by atoms with E-state index in [0.717, 1.165) is 0 Å². The number of aromatic nitrogens is 3. The second-order valence-corrected chi connectivity index (χ2v) is 6.50. The smallest absolute Gasteiger partial charge is 0.257 e. The van der Waals surface area contributed by atoms with Gasteiger partial charge in [0.05, 0.1) is 11.5 Å². The van der Waals surface area contributed by atoms with E-state index in [1.807, 2.05) is 0 Å². The van der Waals surface area contributed by atoms with Crippen LogP contribution >= 0.6 is 0 Å². The third kappa shape index (κ3) is 1.66. The van der Waals surface area contributed by atoms with Crippen LogP contribution in [0.5, 0.6) is 0 Å². The molecule has 3 rings (SSSR count). The number of aromatic amines is 1. The van der Waals surface area contributed by atoms with Crippen molar-refractivity contribution in [1.82, 2.24) is 14.6 Å². The van der Waals surface area contributed by atoms with Crippen molar-refractivity contribution in [2.24, 2.45) is 0 Å². The van der Waals surface area contributed by atoms with Crippen molar-refractivity contribution < 1.29 is 8.42 Å². The minimum atomic E-state index is -2.97. The average Bonchev–Trinajstić information content (AvgIpc) is 2.82. The maximum absolute atomic E-state index is 11.7. The van der Waals surface area contributed by atoms with E-state index in [4.69, 9.17) is 0 Å². The van der Waals surface area contributed by atoms with Gasteiger partial charge in [-0.1, -0.05) is 6.07 Å². The van der Waals surface area contributed by atoms with Gasteiger partial charge in [0, 0.05) is 12.0 Å². The Kier molecular flexibility index (Phi) is 2.12. The van der Waals surface area contributed by atoms with Gasteiger partial charge in [0.25, 0.3) is 5.56 Å². The molecule has 0 spiro atoms. The van der Waals surface area contributed by atoms with Gasteiger partial charge < -0.3 is 0 Å². The van der Waals surface area contributed by atoms with Crippen molar-refractivity contribution in [3.05, 3.63) is 34.4 Å². The normalized spacial score (nSPS) is 23.2. The van der Waals surface area contributed by atoms with Crippen molar-refractivity contribution in [2.75, 3.05) is 11.5 Å². The Morgan fingerprint density at radius 2 is 2.24 bits per heavy atom. The quantitative estimate of drug-likeness (QED) is 0.770. The third-order valence-corrected chi connectivity index (χ3v) is 4.83. The van der Waals surface area contributed by atoms with Crippen molar-refractivity contribution in [1.29, 1.82) is 0 Å². The Morgan fingerprint density at radius 1 is 1.41 bits per heavy atom. The number of fused-ring (bicyclic) bond motifs is 1. The summed E-state index contributed by atoms with van der Waals surface area (Å²) >= 11 is 0. The van der Waals surface area contributed by atoms with Crippen LogP contribution in [0.2, 0.25) is 0 Å². The molecule has 1 saturated heterocycles. The maximum atomic E-state index is 11.7. The zero-order chi connectivity index (χ0) is 12.0. The van der Waals surface area contributed by atoms with Gasteiger partial charge in [-0.25, -0.2) is 12.8 Å². The monoisotopic (exact) mass is 253 g/mol. The minimum Gasteiger partial charge on any atom is -0.269 e. The molecule has 1 unspecified atom stereocenters. The summed E-state index contributed by atoms with van der Waals surface area (Å²) in [7, 11) is -2.97. The molecule has 2 aromatic rings. The maximum Gasteiger partial charge on any atom is 0.257 e. The van der Waals surface area contributed by atoms with Crippen LogP contribution in [0.1, 0.15) is 18.2 Å². The largest absolute Gasteiger partial charge is 0.269 e. The first kappa shape index (κ1) is 10.5. The predicted molar refractivity (Wildman–Crippen MR) is 61.8 cm³/mol. The number of hydrogen-bond donors (Lipinski definition) is 1. The van der Waals surface area contributed by atoms with E-state index in [2.05, 4.69) is 10.2 Å². The highest BCUT2D eigenvalue weighted by Gasteiger charge is 2.32. The van der Waals surface area contributed by atoms with Crippen LogP contribution in [0.25, 0.3) is 5.65 Å². The van der Waals surface area contributed by atoms with Crippen LogP contribution in [0.3, 0.4) is 0 Å². The van der Waals surface area contributed by atoms with E-state index in [9.17, 15) is 13.2 Å². The summed E-state index contributed by atoms with van der Waals surface area (Å²) in [6.07, 6.45) is 0.531. The molecule has 0 bridgehead atoms. The second kappa shape index (κ2) is 3.43. The summed E-state index contributed by atoms with van der Waals surface area (Å²) < 4.78 is 24.3. The van der Waals surface area contributed by atoms with Gasteiger partial charge in [-0.3, -0.25) is 9.89 Å². The lowest BCUT2D eigenvalue weighted by molar-refractivity contribution is 0.601. The minimum absolute atomic E-state index is 0.0777. The molecule has 1 aliphatic rings. The summed E-state index contributed by atoms with van der Waals surface area (Å²) in [5, 5.41) is 6.83. The summed E-state index contributed by atoms with van der Waals surface area (Å²) in [4.78, 5) is 11.7. The van der Waals surface area contributed by atoms with Crippen LogP contribution in [0.4, 0.5) is 0 Å². The summed E-state index contributed by atoms with van der Waals surface area (Å²) in [6, 6.07) is 4.82. The molecule has 1 aliphatic heterocycles. The predicted octanol–water partition coefficient (Wildman–Crippen LogP) is -0.0753. The Hall–Kier alpha value is -1.63. The summed E-state index contributed by atoms with van der Waals surface area (Å²) in [6.45, 7) is 0. The molecule has 0 amide bonds. The molecular formula is C10H11N3O3S. The molecule has 1 N–H and O–H groups in total. The fraction of sp³-hybridized carbons (Fsp3) is 0.400. The van der Waals surface area contributed by atoms with E-state index in [0.29, 0.717) is 17.9 Å². The fourth-order valence-electron chi connectivity index (χ4n) is 2.25. The molecule has 0 aromatic carbocycles. The molecule has 0 aliphatic carbocycles. The van der Waals surface area contributed by atoms with Gasteiger partial charge >= 0.3 is 0 Å². The summed E-state index contributed by atoms with van der Waals surface area (Å²) in [5.74, 6) is 0.586. The number of H-pyrrole nitrogens is 1. The van der Waals surface area contributed by atoms with E-state index in [-0.39, 0.29) is 23.0 Å². The lowest BCUT2D eigenvalue weighted by Gasteiger charge is -2.04. The van der Waals surface area contributed by atoms with Crippen LogP contribution in [0.15, 0.2) is 23.0 Å². The zero-order valence-corrected chi connectivity index (χ0v) is 9.77. The summed E-state index contributed by atoms with van der Waals surface area (Å²) in [5.41, 5.74) is 0.410. The van der Waals surface area contributed by atoms with Gasteiger partial charge in [0.15, 0.2) is 9.84 Å². The molecule has 17 heavy (non-hydrogen) atoms. The molecule has 90 valence electrons. The molecule has 7 heteroatoms. The number of nitrogens with zero attached hydrogens (tertiary/aromatic N) is 2. The van der Waals surface area contributed by atoms with Gasteiger partial charge in [-0.15, -0.1) is 0 Å². The van der Waals surface area contributed by atoms with Crippen LogP contribution in [-0.4, -0.2) is 34.5 Å². The van der Waals surface area contributed by atoms with Gasteiger partial charge in [0.2, 0.25) is 0 Å². The van der Waals surface area contributed by atoms with E-state index in [1.54, 1.807) is 12.1 Å². The Labute approximate surface area is 97.2 Å². The first-order chi connectivity index (χ1) is 8.07. The fourth-order valence-corrected chi connectivity index (χ4v) is 3.99. The van der Waals surface area contributed by atoms with Gasteiger partial charge in [0.1, 0.15) is 11.5 Å². The van der Waals surface area contributed by atoms with Crippen molar-refractivity contribution >= 4 is 15.5 Å². The molecule has 3 heterocycles. The van der Waals surface area contributed by atoms with Crippen LogP contribution in [0, 0.1) is 0 Å². The third-order valence-electron chi connectivity index (χ3n) is 3.07. The number of sulfone groups is 1. The Morgan fingerprint density at radius 3 is 2.94 bits per heavy atom. The molecular weight excluding hydrogens is 242 g/mol. The lowest BCUT2D eigenvalue weighted by atomic mass is 10.1. The first-order valence-electron chi connectivity index (χ1n) is 5.33. The highest BCUT2D eigenvalue weighted by Crippen LogP contribution is 2.27. The van der Waals surface area contributed by atoms with Gasteiger partial charge in [-0.2, -0.15) is 5.10 Å². The lowest BCUT2D eigenvalue weighted by Crippen LogP contribution is -2.16. The van der Waals surface area contributed by atoms with Crippen LogP contribution < -0.4 is 5.56 Å². The van der Waals surface area contributed by atoms with E-state index in [1.165, 1.54) is 10.5 Å². The molecule has 1 atom stereocenters. The molecule has 0 radical (unpaired) electrons. The SMILES string of the molecule is O=c1cccc2[nH]nc(C3CCS(=O)(=O)C3)n12. The number of nitrogens with one attached hydrogen (secondary N) is 1. The Balaban J connectivity index is 2.16. The number of pyridine rings is 1. The van der Waals surface area contributed by atoms with E-state index < -0.39 is 9.84 Å². The second-order valence-electron chi connectivity index (χ2n) is 4.27. The van der Waals surface area contributed by atoms with Crippen molar-refractivity contribution in [3.63, 3.8) is 0 Å². The average molecular weight is 253 g/mol. The van der Waals surface area contributed by atoms with Crippen molar-refractivity contribution in [3.8, 4) is 0 Å². The molecule has 6 nitrogen and oxygen atoms in total. The molecule has 2 aromatic heterocycles. The highest BCUT2D eigenvalue weighted by molar-refractivity contribution is 7.91. The zero-order valence-electron chi connectivity index (χ0n) is 8.96. The molecule has 0 saturated carbocycles. The first-order valence-corrected chi connectivity index (χ1v) is 7.15. The standard InChI is InChI=1S/C10H11N3O3S/c14-9-3-1-2-8-11-12-10(13(8)9)7-4-5-17(15,16)6-7/h1-3,7,11H,4-6H2. The highest BCUT2D eigenvalue weighted by atomic mass is 32.2. The van der Waals surface area contributed by atoms with Gasteiger partial charge in [-0.05, 0) is 12.5 Å². The van der Waals surface area contributed by atoms with Crippen molar-refractivity contribution in [2.45, 2.75) is 12.3 Å². The van der Waals surface area contributed by atoms with E-state index >= 15 is 0 Å². The van der Waals surface area contributed by atoms with Crippen LogP contribution in [-0.2, 0) is 9.84 Å². The number of hydrogen-bond acceptors (Lipinski definition) is 4.